The average molecular weight is 250 g/mol. The van der Waals surface area contributed by atoms with Gasteiger partial charge < -0.3 is 5.32 Å². The molecule has 0 aliphatic rings. The van der Waals surface area contributed by atoms with Gasteiger partial charge in [0.25, 0.3) is 0 Å². The molecule has 1 N–H and O–H groups in total. The number of rotatable bonds is 4. The monoisotopic (exact) mass is 250 g/mol. The molecular formula is C12H11FN2OS. The van der Waals surface area contributed by atoms with Crippen molar-refractivity contribution < 1.29 is 9.18 Å². The SMILES string of the molecule is C=CC(=O)NCCc1nc2cc(F)ccc2s1. The lowest BCUT2D eigenvalue weighted by Crippen LogP contribution is -2.23. The van der Waals surface area contributed by atoms with Crippen LogP contribution in [0.5, 0.6) is 0 Å². The number of thiazole rings is 1. The van der Waals surface area contributed by atoms with Crippen molar-refractivity contribution >= 4 is 27.5 Å². The van der Waals surface area contributed by atoms with E-state index in [1.807, 2.05) is 0 Å². The van der Waals surface area contributed by atoms with Gasteiger partial charge in [0.1, 0.15) is 5.82 Å². The molecule has 2 rings (SSSR count). The second kappa shape index (κ2) is 5.05. The third-order valence-electron chi connectivity index (χ3n) is 2.22. The summed E-state index contributed by atoms with van der Waals surface area (Å²) in [5.41, 5.74) is 0.667. The van der Waals surface area contributed by atoms with E-state index < -0.39 is 0 Å². The highest BCUT2D eigenvalue weighted by atomic mass is 32.1. The summed E-state index contributed by atoms with van der Waals surface area (Å²) in [5.74, 6) is -0.480. The van der Waals surface area contributed by atoms with E-state index >= 15 is 0 Å². The van der Waals surface area contributed by atoms with Crippen LogP contribution in [0.2, 0.25) is 0 Å². The molecule has 3 nitrogen and oxygen atoms in total. The standard InChI is InChI=1S/C12H11FN2OS/c1-2-11(16)14-6-5-12-15-9-7-8(13)3-4-10(9)17-12/h2-4,7H,1,5-6H2,(H,14,16). The highest BCUT2D eigenvalue weighted by Gasteiger charge is 2.04. The topological polar surface area (TPSA) is 42.0 Å². The van der Waals surface area contributed by atoms with E-state index in [0.717, 1.165) is 9.71 Å². The van der Waals surface area contributed by atoms with E-state index in [2.05, 4.69) is 16.9 Å². The summed E-state index contributed by atoms with van der Waals surface area (Å²) in [6.45, 7) is 3.87. The lowest BCUT2D eigenvalue weighted by Gasteiger charge is -1.98. The minimum Gasteiger partial charge on any atom is -0.352 e. The zero-order chi connectivity index (χ0) is 12.3. The summed E-state index contributed by atoms with van der Waals surface area (Å²) in [6, 6.07) is 4.55. The molecule has 0 fully saturated rings. The Bertz CT molecular complexity index is 565. The van der Waals surface area contributed by atoms with Gasteiger partial charge in [-0.1, -0.05) is 6.58 Å². The van der Waals surface area contributed by atoms with Gasteiger partial charge in [-0.15, -0.1) is 11.3 Å². The fraction of sp³-hybridized carbons (Fsp3) is 0.167. The van der Waals surface area contributed by atoms with Gasteiger partial charge >= 0.3 is 0 Å². The lowest BCUT2D eigenvalue weighted by atomic mass is 10.3. The second-order valence-electron chi connectivity index (χ2n) is 3.46. The maximum Gasteiger partial charge on any atom is 0.243 e. The van der Waals surface area contributed by atoms with Gasteiger partial charge in [0, 0.05) is 19.0 Å². The lowest BCUT2D eigenvalue weighted by molar-refractivity contribution is -0.116. The molecule has 1 heterocycles. The van der Waals surface area contributed by atoms with Gasteiger partial charge in [0.05, 0.1) is 15.2 Å². The van der Waals surface area contributed by atoms with Crippen molar-refractivity contribution in [3.05, 3.63) is 41.7 Å². The number of aromatic nitrogens is 1. The summed E-state index contributed by atoms with van der Waals surface area (Å²) in [7, 11) is 0. The summed E-state index contributed by atoms with van der Waals surface area (Å²) in [5, 5.41) is 3.56. The quantitative estimate of drug-likeness (QED) is 0.846. The van der Waals surface area contributed by atoms with Crippen molar-refractivity contribution in [2.75, 3.05) is 6.54 Å². The Hall–Kier alpha value is -1.75. The molecule has 17 heavy (non-hydrogen) atoms. The number of nitrogens with one attached hydrogen (secondary N) is 1. The second-order valence-corrected chi connectivity index (χ2v) is 4.58. The van der Waals surface area contributed by atoms with Crippen LogP contribution < -0.4 is 5.32 Å². The largest absolute Gasteiger partial charge is 0.352 e. The normalized spacial score (nSPS) is 10.4. The molecule has 1 amide bonds. The molecule has 0 bridgehead atoms. The van der Waals surface area contributed by atoms with Crippen LogP contribution in [0, 0.1) is 5.82 Å². The first-order valence-electron chi connectivity index (χ1n) is 5.14. The van der Waals surface area contributed by atoms with Crippen LogP contribution in [0.15, 0.2) is 30.9 Å². The number of halogens is 1. The van der Waals surface area contributed by atoms with Gasteiger partial charge in [-0.2, -0.15) is 0 Å². The van der Waals surface area contributed by atoms with E-state index in [1.165, 1.54) is 29.5 Å². The Morgan fingerprint density at radius 2 is 2.41 bits per heavy atom. The molecule has 0 spiro atoms. The predicted octanol–water partition coefficient (Wildman–Crippen LogP) is 2.28. The third kappa shape index (κ3) is 2.88. The molecule has 1 aromatic carbocycles. The van der Waals surface area contributed by atoms with Gasteiger partial charge in [-0.3, -0.25) is 4.79 Å². The van der Waals surface area contributed by atoms with Crippen LogP contribution in [-0.4, -0.2) is 17.4 Å². The number of carbonyl (C=O) groups is 1. The maximum absolute atomic E-state index is 12.9. The number of carbonyl (C=O) groups excluding carboxylic acids is 1. The first-order valence-corrected chi connectivity index (χ1v) is 5.96. The summed E-state index contributed by atoms with van der Waals surface area (Å²) in [6.07, 6.45) is 1.87. The summed E-state index contributed by atoms with van der Waals surface area (Å²) in [4.78, 5) is 15.2. The van der Waals surface area contributed by atoms with E-state index in [0.29, 0.717) is 18.5 Å². The van der Waals surface area contributed by atoms with E-state index in [4.69, 9.17) is 0 Å². The molecule has 2 aromatic rings. The number of nitrogens with zero attached hydrogens (tertiary/aromatic N) is 1. The van der Waals surface area contributed by atoms with Crippen LogP contribution in [0.1, 0.15) is 5.01 Å². The zero-order valence-electron chi connectivity index (χ0n) is 9.07. The molecule has 0 saturated carbocycles. The smallest absolute Gasteiger partial charge is 0.243 e. The number of fused-ring (bicyclic) bond motifs is 1. The van der Waals surface area contributed by atoms with Crippen molar-refractivity contribution in [1.82, 2.24) is 10.3 Å². The third-order valence-corrected chi connectivity index (χ3v) is 3.31. The van der Waals surface area contributed by atoms with Gasteiger partial charge in [0.2, 0.25) is 5.91 Å². The van der Waals surface area contributed by atoms with Crippen LogP contribution in [0.4, 0.5) is 4.39 Å². The highest BCUT2D eigenvalue weighted by molar-refractivity contribution is 7.18. The number of hydrogen-bond acceptors (Lipinski definition) is 3. The summed E-state index contributed by atoms with van der Waals surface area (Å²) >= 11 is 1.51. The minimum absolute atomic E-state index is 0.197. The number of amides is 1. The van der Waals surface area contributed by atoms with Crippen molar-refractivity contribution in [1.29, 1.82) is 0 Å². The highest BCUT2D eigenvalue weighted by Crippen LogP contribution is 2.22. The Kier molecular flexibility index (Phi) is 3.49. The first-order chi connectivity index (χ1) is 8.19. The molecule has 88 valence electrons. The Morgan fingerprint density at radius 1 is 1.59 bits per heavy atom. The maximum atomic E-state index is 12.9. The fourth-order valence-corrected chi connectivity index (χ4v) is 2.37. The van der Waals surface area contributed by atoms with Crippen molar-refractivity contribution in [3.8, 4) is 0 Å². The number of hydrogen-bond donors (Lipinski definition) is 1. The molecule has 0 saturated heterocycles. The van der Waals surface area contributed by atoms with Gasteiger partial charge in [0.15, 0.2) is 0 Å². The Labute approximate surface area is 102 Å². The summed E-state index contributed by atoms with van der Waals surface area (Å²) < 4.78 is 13.9. The molecule has 1 aromatic heterocycles. The fourth-order valence-electron chi connectivity index (χ4n) is 1.42. The first kappa shape index (κ1) is 11.7. The van der Waals surface area contributed by atoms with E-state index in [1.54, 1.807) is 6.07 Å². The minimum atomic E-state index is -0.283. The van der Waals surface area contributed by atoms with E-state index in [-0.39, 0.29) is 11.7 Å². The molecule has 5 heteroatoms. The molecular weight excluding hydrogens is 239 g/mol. The molecule has 0 aliphatic carbocycles. The van der Waals surface area contributed by atoms with Crippen molar-refractivity contribution in [3.63, 3.8) is 0 Å². The van der Waals surface area contributed by atoms with Crippen LogP contribution in [-0.2, 0) is 11.2 Å². The van der Waals surface area contributed by atoms with Crippen molar-refractivity contribution in [2.45, 2.75) is 6.42 Å². The molecule has 0 unspecified atom stereocenters. The molecule has 0 aliphatic heterocycles. The Morgan fingerprint density at radius 3 is 3.18 bits per heavy atom. The van der Waals surface area contributed by atoms with Crippen LogP contribution in [0.25, 0.3) is 10.2 Å². The average Bonchev–Trinajstić information content (AvgIpc) is 2.70. The number of benzene rings is 1. The molecule has 0 atom stereocenters. The van der Waals surface area contributed by atoms with Crippen LogP contribution in [0.3, 0.4) is 0 Å². The molecule has 0 radical (unpaired) electrons. The van der Waals surface area contributed by atoms with E-state index in [9.17, 15) is 9.18 Å². The van der Waals surface area contributed by atoms with Crippen LogP contribution >= 0.6 is 11.3 Å². The predicted molar refractivity (Wildman–Crippen MR) is 66.5 cm³/mol. The van der Waals surface area contributed by atoms with Gasteiger partial charge in [-0.25, -0.2) is 9.37 Å². The zero-order valence-corrected chi connectivity index (χ0v) is 9.89. The van der Waals surface area contributed by atoms with Crippen molar-refractivity contribution in [2.24, 2.45) is 0 Å². The Balaban J connectivity index is 2.04. The van der Waals surface area contributed by atoms with Gasteiger partial charge in [-0.05, 0) is 18.2 Å².